The van der Waals surface area contributed by atoms with E-state index in [0.29, 0.717) is 11.6 Å². The summed E-state index contributed by atoms with van der Waals surface area (Å²) in [6.07, 6.45) is 3.31. The number of hydrogen-bond donors (Lipinski definition) is 2. The van der Waals surface area contributed by atoms with Gasteiger partial charge in [-0.05, 0) is 44.0 Å². The van der Waals surface area contributed by atoms with Gasteiger partial charge in [0.1, 0.15) is 0 Å². The minimum atomic E-state index is -0.155. The van der Waals surface area contributed by atoms with Crippen LogP contribution in [-0.4, -0.2) is 24.5 Å². The van der Waals surface area contributed by atoms with Crippen LogP contribution in [0.3, 0.4) is 0 Å². The quantitative estimate of drug-likeness (QED) is 0.832. The highest BCUT2D eigenvalue weighted by molar-refractivity contribution is 6.32. The van der Waals surface area contributed by atoms with Crippen LogP contribution in [0.5, 0.6) is 0 Å². The average molecular weight is 243 g/mol. The molecule has 1 amide bonds. The maximum absolute atomic E-state index is 11.8. The number of carbonyl (C=O) groups excluding carboxylic acids is 1. The van der Waals surface area contributed by atoms with Crippen LogP contribution in [0.4, 0.5) is 0 Å². The summed E-state index contributed by atoms with van der Waals surface area (Å²) in [4.78, 5) is 11.8. The largest absolute Gasteiger partial charge is 0.452 e. The van der Waals surface area contributed by atoms with Crippen LogP contribution in [0, 0.1) is 0 Å². The van der Waals surface area contributed by atoms with E-state index in [1.165, 1.54) is 6.26 Å². The summed E-state index contributed by atoms with van der Waals surface area (Å²) in [5.41, 5.74) is 0.410. The molecule has 5 heteroatoms. The smallest absolute Gasteiger partial charge is 0.256 e. The number of nitrogens with one attached hydrogen (secondary N) is 2. The van der Waals surface area contributed by atoms with Crippen molar-refractivity contribution in [3.8, 4) is 0 Å². The van der Waals surface area contributed by atoms with Gasteiger partial charge in [0.15, 0.2) is 0 Å². The number of piperidine rings is 1. The summed E-state index contributed by atoms with van der Waals surface area (Å²) in [5.74, 6) is -0.155. The summed E-state index contributed by atoms with van der Waals surface area (Å²) >= 11 is 5.74. The molecule has 1 aromatic rings. The van der Waals surface area contributed by atoms with Crippen LogP contribution in [-0.2, 0) is 0 Å². The van der Waals surface area contributed by atoms with E-state index in [1.54, 1.807) is 6.07 Å². The zero-order valence-electron chi connectivity index (χ0n) is 9.13. The molecule has 2 heterocycles. The lowest BCUT2D eigenvalue weighted by molar-refractivity contribution is 0.0925. The van der Waals surface area contributed by atoms with Gasteiger partial charge in [0.25, 0.3) is 5.91 Å². The van der Waals surface area contributed by atoms with Crippen molar-refractivity contribution < 1.29 is 9.21 Å². The Morgan fingerprint density at radius 2 is 2.50 bits per heavy atom. The van der Waals surface area contributed by atoms with Crippen LogP contribution < -0.4 is 10.6 Å². The molecule has 2 rings (SSSR count). The van der Waals surface area contributed by atoms with E-state index in [2.05, 4.69) is 17.6 Å². The third-order valence-corrected chi connectivity index (χ3v) is 3.11. The van der Waals surface area contributed by atoms with E-state index in [-0.39, 0.29) is 17.2 Å². The first-order chi connectivity index (χ1) is 7.66. The highest BCUT2D eigenvalue weighted by Crippen LogP contribution is 2.17. The van der Waals surface area contributed by atoms with Crippen molar-refractivity contribution in [1.29, 1.82) is 0 Å². The first kappa shape index (κ1) is 11.5. The second-order valence-corrected chi connectivity index (χ2v) is 4.50. The lowest BCUT2D eigenvalue weighted by atomic mass is 10.0. The van der Waals surface area contributed by atoms with Gasteiger partial charge in [0, 0.05) is 12.1 Å². The Hall–Kier alpha value is -1.00. The molecular formula is C11H15ClN2O2. The lowest BCUT2D eigenvalue weighted by Crippen LogP contribution is -2.46. The first-order valence-corrected chi connectivity index (χ1v) is 5.82. The molecule has 0 aromatic carbocycles. The fourth-order valence-electron chi connectivity index (χ4n) is 1.98. The molecule has 1 aliphatic heterocycles. The summed E-state index contributed by atoms with van der Waals surface area (Å²) in [5, 5.41) is 6.46. The molecule has 2 atom stereocenters. The molecule has 1 fully saturated rings. The topological polar surface area (TPSA) is 54.3 Å². The van der Waals surface area contributed by atoms with Crippen LogP contribution in [0.1, 0.15) is 30.1 Å². The maximum atomic E-state index is 11.8. The van der Waals surface area contributed by atoms with Gasteiger partial charge in [-0.15, -0.1) is 0 Å². The minimum Gasteiger partial charge on any atom is -0.452 e. The third-order valence-electron chi connectivity index (χ3n) is 2.82. The summed E-state index contributed by atoms with van der Waals surface area (Å²) in [6.45, 7) is 3.05. The number of amides is 1. The molecule has 4 nitrogen and oxygen atoms in total. The SMILES string of the molecule is CC1CC(NC(=O)c2ccoc2Cl)CCN1. The zero-order chi connectivity index (χ0) is 11.5. The van der Waals surface area contributed by atoms with Gasteiger partial charge >= 0.3 is 0 Å². The van der Waals surface area contributed by atoms with E-state index in [9.17, 15) is 4.79 Å². The van der Waals surface area contributed by atoms with Crippen molar-refractivity contribution in [3.63, 3.8) is 0 Å². The Labute approximate surface area is 99.3 Å². The second kappa shape index (κ2) is 4.89. The predicted molar refractivity (Wildman–Crippen MR) is 61.7 cm³/mol. The van der Waals surface area contributed by atoms with Crippen molar-refractivity contribution >= 4 is 17.5 Å². The van der Waals surface area contributed by atoms with Crippen LogP contribution in [0.25, 0.3) is 0 Å². The number of halogens is 1. The first-order valence-electron chi connectivity index (χ1n) is 5.44. The maximum Gasteiger partial charge on any atom is 0.256 e. The van der Waals surface area contributed by atoms with Gasteiger partial charge in [-0.25, -0.2) is 0 Å². The van der Waals surface area contributed by atoms with Gasteiger partial charge in [-0.1, -0.05) is 0 Å². The van der Waals surface area contributed by atoms with Crippen molar-refractivity contribution in [2.24, 2.45) is 0 Å². The lowest BCUT2D eigenvalue weighted by Gasteiger charge is -2.28. The van der Waals surface area contributed by atoms with Gasteiger partial charge < -0.3 is 15.1 Å². The Kier molecular flexibility index (Phi) is 3.51. The number of carbonyl (C=O) groups is 1. The van der Waals surface area contributed by atoms with Crippen molar-refractivity contribution in [3.05, 3.63) is 23.1 Å². The van der Waals surface area contributed by atoms with Crippen molar-refractivity contribution in [2.45, 2.75) is 31.8 Å². The Balaban J connectivity index is 1.95. The van der Waals surface area contributed by atoms with Crippen LogP contribution in [0.15, 0.2) is 16.7 Å². The Morgan fingerprint density at radius 3 is 3.12 bits per heavy atom. The van der Waals surface area contributed by atoms with E-state index in [1.807, 2.05) is 0 Å². The normalized spacial score (nSPS) is 25.4. The monoisotopic (exact) mass is 242 g/mol. The van der Waals surface area contributed by atoms with Crippen LogP contribution in [0.2, 0.25) is 5.22 Å². The summed E-state index contributed by atoms with van der Waals surface area (Å²) < 4.78 is 4.89. The van der Waals surface area contributed by atoms with Crippen molar-refractivity contribution in [1.82, 2.24) is 10.6 Å². The molecule has 0 saturated carbocycles. The fourth-order valence-corrected chi connectivity index (χ4v) is 2.18. The molecule has 2 unspecified atom stereocenters. The van der Waals surface area contributed by atoms with E-state index in [0.717, 1.165) is 19.4 Å². The van der Waals surface area contributed by atoms with E-state index >= 15 is 0 Å². The number of furan rings is 1. The van der Waals surface area contributed by atoms with Crippen LogP contribution >= 0.6 is 11.6 Å². The van der Waals surface area contributed by atoms with E-state index < -0.39 is 0 Å². The summed E-state index contributed by atoms with van der Waals surface area (Å²) in [7, 11) is 0. The molecule has 0 spiro atoms. The molecule has 0 bridgehead atoms. The number of hydrogen-bond acceptors (Lipinski definition) is 3. The third kappa shape index (κ3) is 2.57. The summed E-state index contributed by atoms with van der Waals surface area (Å²) in [6, 6.07) is 2.25. The Bertz CT molecular complexity index is 378. The second-order valence-electron chi connectivity index (χ2n) is 4.16. The zero-order valence-corrected chi connectivity index (χ0v) is 9.88. The van der Waals surface area contributed by atoms with Crippen molar-refractivity contribution in [2.75, 3.05) is 6.54 Å². The standard InChI is InChI=1S/C11H15ClN2O2/c1-7-6-8(2-4-13-7)14-11(15)9-3-5-16-10(9)12/h3,5,7-8,13H,2,4,6H2,1H3,(H,14,15). The predicted octanol–water partition coefficient (Wildman–Crippen LogP) is 1.80. The minimum absolute atomic E-state index is 0.152. The molecule has 1 saturated heterocycles. The highest BCUT2D eigenvalue weighted by atomic mass is 35.5. The molecular weight excluding hydrogens is 228 g/mol. The average Bonchev–Trinajstić information content (AvgIpc) is 2.64. The van der Waals surface area contributed by atoms with Gasteiger partial charge in [0.05, 0.1) is 11.8 Å². The molecule has 88 valence electrons. The molecule has 1 aliphatic rings. The molecule has 16 heavy (non-hydrogen) atoms. The van der Waals surface area contributed by atoms with E-state index in [4.69, 9.17) is 16.0 Å². The van der Waals surface area contributed by atoms with Gasteiger partial charge in [-0.2, -0.15) is 0 Å². The molecule has 2 N–H and O–H groups in total. The molecule has 1 aromatic heterocycles. The fraction of sp³-hybridized carbons (Fsp3) is 0.545. The highest BCUT2D eigenvalue weighted by Gasteiger charge is 2.22. The number of rotatable bonds is 2. The van der Waals surface area contributed by atoms with Gasteiger partial charge in [-0.3, -0.25) is 4.79 Å². The molecule has 0 aliphatic carbocycles. The molecule has 0 radical (unpaired) electrons. The Morgan fingerprint density at radius 1 is 1.69 bits per heavy atom. The van der Waals surface area contributed by atoms with Gasteiger partial charge in [0.2, 0.25) is 5.22 Å².